The Morgan fingerprint density at radius 2 is 1.62 bits per heavy atom. The Morgan fingerprint density at radius 3 is 2.19 bits per heavy atom. The molecular weight excluding hydrogens is 330 g/mol. The molecule has 0 bridgehead atoms. The van der Waals surface area contributed by atoms with Crippen molar-refractivity contribution in [1.29, 1.82) is 0 Å². The molecule has 0 aliphatic carbocycles. The molecule has 2 aromatic carbocycles. The number of rotatable bonds is 6. The molecule has 0 aromatic heterocycles. The Morgan fingerprint density at radius 1 is 1.00 bits per heavy atom. The molecule has 138 valence electrons. The Hall–Kier alpha value is -3.02. The molecule has 2 rings (SSSR count). The number of carbonyl (C=O) groups is 2. The second-order valence-corrected chi connectivity index (χ2v) is 6.68. The van der Waals surface area contributed by atoms with Gasteiger partial charge >= 0.3 is 6.03 Å². The van der Waals surface area contributed by atoms with E-state index in [0.29, 0.717) is 17.9 Å². The minimum atomic E-state index is -0.299. The SMILES string of the molecule is COc1ccc(C(C)(C)CNC(=O)Nc2cccc(NC(C)=O)c2)cc1. The Labute approximate surface area is 153 Å². The lowest BCUT2D eigenvalue weighted by Crippen LogP contribution is -2.38. The number of hydrogen-bond acceptors (Lipinski definition) is 3. The molecule has 0 saturated heterocycles. The largest absolute Gasteiger partial charge is 0.497 e. The van der Waals surface area contributed by atoms with E-state index in [1.54, 1.807) is 31.4 Å². The Kier molecular flexibility index (Phi) is 6.22. The number of amides is 3. The lowest BCUT2D eigenvalue weighted by atomic mass is 9.84. The summed E-state index contributed by atoms with van der Waals surface area (Å²) in [5, 5.41) is 8.35. The highest BCUT2D eigenvalue weighted by Crippen LogP contribution is 2.24. The van der Waals surface area contributed by atoms with Gasteiger partial charge in [0.15, 0.2) is 0 Å². The van der Waals surface area contributed by atoms with Crippen molar-refractivity contribution in [2.45, 2.75) is 26.2 Å². The van der Waals surface area contributed by atoms with Gasteiger partial charge in [-0.25, -0.2) is 4.79 Å². The number of benzene rings is 2. The topological polar surface area (TPSA) is 79.5 Å². The molecule has 26 heavy (non-hydrogen) atoms. The average Bonchev–Trinajstić information content (AvgIpc) is 2.60. The van der Waals surface area contributed by atoms with Gasteiger partial charge in [0.2, 0.25) is 5.91 Å². The first-order valence-electron chi connectivity index (χ1n) is 8.37. The Balaban J connectivity index is 1.93. The molecule has 0 spiro atoms. The monoisotopic (exact) mass is 355 g/mol. The summed E-state index contributed by atoms with van der Waals surface area (Å²) in [7, 11) is 1.63. The van der Waals surface area contributed by atoms with E-state index < -0.39 is 0 Å². The smallest absolute Gasteiger partial charge is 0.319 e. The van der Waals surface area contributed by atoms with Gasteiger partial charge in [0, 0.05) is 30.3 Å². The summed E-state index contributed by atoms with van der Waals surface area (Å²) in [5.74, 6) is 0.641. The molecule has 0 heterocycles. The van der Waals surface area contributed by atoms with Gasteiger partial charge in [-0.15, -0.1) is 0 Å². The van der Waals surface area contributed by atoms with Gasteiger partial charge in [-0.05, 0) is 35.9 Å². The summed E-state index contributed by atoms with van der Waals surface area (Å²) in [4.78, 5) is 23.3. The molecule has 3 amide bonds. The lowest BCUT2D eigenvalue weighted by molar-refractivity contribution is -0.114. The zero-order valence-electron chi connectivity index (χ0n) is 15.6. The second-order valence-electron chi connectivity index (χ2n) is 6.68. The third kappa shape index (κ3) is 5.51. The van der Waals surface area contributed by atoms with Crippen molar-refractivity contribution in [3.63, 3.8) is 0 Å². The number of nitrogens with one attached hydrogen (secondary N) is 3. The molecule has 6 nitrogen and oxygen atoms in total. The van der Waals surface area contributed by atoms with Gasteiger partial charge in [0.25, 0.3) is 0 Å². The molecule has 0 atom stereocenters. The maximum atomic E-state index is 12.2. The second kappa shape index (κ2) is 8.38. The third-order valence-electron chi connectivity index (χ3n) is 4.00. The van der Waals surface area contributed by atoms with Crippen molar-refractivity contribution in [1.82, 2.24) is 5.32 Å². The van der Waals surface area contributed by atoms with Gasteiger partial charge < -0.3 is 20.7 Å². The number of ether oxygens (including phenoxy) is 1. The molecule has 0 fully saturated rings. The van der Waals surface area contributed by atoms with Crippen LogP contribution in [0, 0.1) is 0 Å². The van der Waals surface area contributed by atoms with E-state index >= 15 is 0 Å². The molecule has 0 unspecified atom stereocenters. The van der Waals surface area contributed by atoms with Crippen LogP contribution in [0.1, 0.15) is 26.3 Å². The predicted molar refractivity (Wildman–Crippen MR) is 104 cm³/mol. The van der Waals surface area contributed by atoms with E-state index in [2.05, 4.69) is 29.8 Å². The van der Waals surface area contributed by atoms with E-state index in [0.717, 1.165) is 11.3 Å². The van der Waals surface area contributed by atoms with E-state index in [1.165, 1.54) is 6.92 Å². The number of methoxy groups -OCH3 is 1. The first-order valence-corrected chi connectivity index (χ1v) is 8.37. The molecule has 0 aliphatic heterocycles. The van der Waals surface area contributed by atoms with Crippen molar-refractivity contribution in [3.05, 3.63) is 54.1 Å². The van der Waals surface area contributed by atoms with Crippen LogP contribution in [0.5, 0.6) is 5.75 Å². The van der Waals surface area contributed by atoms with Crippen LogP contribution in [0.25, 0.3) is 0 Å². The zero-order valence-corrected chi connectivity index (χ0v) is 15.6. The fourth-order valence-corrected chi connectivity index (χ4v) is 2.50. The van der Waals surface area contributed by atoms with Crippen LogP contribution >= 0.6 is 0 Å². The van der Waals surface area contributed by atoms with E-state index in [-0.39, 0.29) is 17.4 Å². The first-order chi connectivity index (χ1) is 12.3. The van der Waals surface area contributed by atoms with Crippen LogP contribution in [0.15, 0.2) is 48.5 Å². The van der Waals surface area contributed by atoms with Gasteiger partial charge in [-0.1, -0.05) is 32.0 Å². The van der Waals surface area contributed by atoms with E-state index in [4.69, 9.17) is 4.74 Å². The summed E-state index contributed by atoms with van der Waals surface area (Å²) >= 11 is 0. The molecule has 3 N–H and O–H groups in total. The van der Waals surface area contributed by atoms with Gasteiger partial charge in [-0.2, -0.15) is 0 Å². The van der Waals surface area contributed by atoms with Crippen molar-refractivity contribution < 1.29 is 14.3 Å². The molecule has 0 radical (unpaired) electrons. The van der Waals surface area contributed by atoms with Gasteiger partial charge in [0.05, 0.1) is 7.11 Å². The number of anilines is 2. The van der Waals surface area contributed by atoms with Crippen molar-refractivity contribution >= 4 is 23.3 Å². The van der Waals surface area contributed by atoms with Crippen LogP contribution < -0.4 is 20.7 Å². The van der Waals surface area contributed by atoms with Gasteiger partial charge in [0.1, 0.15) is 5.75 Å². The van der Waals surface area contributed by atoms with Crippen LogP contribution in [-0.2, 0) is 10.2 Å². The highest BCUT2D eigenvalue weighted by Gasteiger charge is 2.21. The van der Waals surface area contributed by atoms with Crippen molar-refractivity contribution in [2.24, 2.45) is 0 Å². The quantitative estimate of drug-likeness (QED) is 0.738. The highest BCUT2D eigenvalue weighted by molar-refractivity contribution is 5.92. The highest BCUT2D eigenvalue weighted by atomic mass is 16.5. The first kappa shape index (κ1) is 19.3. The van der Waals surface area contributed by atoms with Crippen molar-refractivity contribution in [3.8, 4) is 5.75 Å². The molecule has 6 heteroatoms. The summed E-state index contributed by atoms with van der Waals surface area (Å²) in [6.45, 7) is 6.03. The molecule has 2 aromatic rings. The molecular formula is C20H25N3O3. The fraction of sp³-hybridized carbons (Fsp3) is 0.300. The summed E-state index contributed by atoms with van der Waals surface area (Å²) in [6, 6.07) is 14.5. The Bertz CT molecular complexity index is 770. The number of urea groups is 1. The minimum absolute atomic E-state index is 0.159. The summed E-state index contributed by atoms with van der Waals surface area (Å²) in [6.07, 6.45) is 0. The van der Waals surface area contributed by atoms with Crippen LogP contribution in [0.3, 0.4) is 0 Å². The minimum Gasteiger partial charge on any atom is -0.497 e. The van der Waals surface area contributed by atoms with Crippen LogP contribution in [0.2, 0.25) is 0 Å². The fourth-order valence-electron chi connectivity index (χ4n) is 2.50. The standard InChI is InChI=1S/C20H25N3O3/c1-14(24)22-16-6-5-7-17(12-16)23-19(25)21-13-20(2,3)15-8-10-18(26-4)11-9-15/h5-12H,13H2,1-4H3,(H,22,24)(H2,21,23,25). The van der Waals surface area contributed by atoms with Crippen LogP contribution in [-0.4, -0.2) is 25.6 Å². The van der Waals surface area contributed by atoms with E-state index in [1.807, 2.05) is 24.3 Å². The maximum Gasteiger partial charge on any atom is 0.319 e. The van der Waals surface area contributed by atoms with Crippen molar-refractivity contribution in [2.75, 3.05) is 24.3 Å². The molecule has 0 aliphatic rings. The predicted octanol–water partition coefficient (Wildman–Crippen LogP) is 3.75. The van der Waals surface area contributed by atoms with Crippen LogP contribution in [0.4, 0.5) is 16.2 Å². The van der Waals surface area contributed by atoms with Gasteiger partial charge in [-0.3, -0.25) is 4.79 Å². The lowest BCUT2D eigenvalue weighted by Gasteiger charge is -2.26. The summed E-state index contributed by atoms with van der Waals surface area (Å²) < 4.78 is 5.17. The summed E-state index contributed by atoms with van der Waals surface area (Å²) in [5.41, 5.74) is 2.11. The normalized spacial score (nSPS) is 10.8. The maximum absolute atomic E-state index is 12.2. The number of carbonyl (C=O) groups excluding carboxylic acids is 2. The van der Waals surface area contributed by atoms with E-state index in [9.17, 15) is 9.59 Å². The average molecular weight is 355 g/mol. The number of hydrogen-bond donors (Lipinski definition) is 3. The zero-order chi connectivity index (χ0) is 19.2. The third-order valence-corrected chi connectivity index (χ3v) is 4.00. The molecule has 0 saturated carbocycles.